The summed E-state index contributed by atoms with van der Waals surface area (Å²) in [7, 11) is 1.51. The van der Waals surface area contributed by atoms with Crippen molar-refractivity contribution >= 4 is 0 Å². The first-order valence-corrected chi connectivity index (χ1v) is 5.99. The summed E-state index contributed by atoms with van der Waals surface area (Å²) in [5, 5.41) is 32.0. The number of hydrogen-bond donors (Lipinski definition) is 4. The van der Waals surface area contributed by atoms with Crippen molar-refractivity contribution in [2.45, 2.75) is 25.4 Å². The van der Waals surface area contributed by atoms with Gasteiger partial charge in [0.25, 0.3) is 0 Å². The highest BCUT2D eigenvalue weighted by atomic mass is 16.5. The number of hydrogen-bond acceptors (Lipinski definition) is 5. The molecule has 1 aliphatic rings. The van der Waals surface area contributed by atoms with Gasteiger partial charge in [0.15, 0.2) is 11.5 Å². The number of phenols is 1. The topological polar surface area (TPSA) is 82.0 Å². The minimum absolute atomic E-state index is 0.00176. The Labute approximate surface area is 106 Å². The van der Waals surface area contributed by atoms with E-state index < -0.39 is 0 Å². The summed E-state index contributed by atoms with van der Waals surface area (Å²) in [6.07, 6.45) is 0.626. The number of methoxy groups -OCH3 is 1. The standard InChI is InChI=1S/C13H19NO4/c1-7-3-8-4-9(5-15)14-10(6-16)11(8)12(17)13(7)18-2/h3,9-10,14-17H,4-6H2,1-2H3/t9-,10-/m1/s1. The molecular weight excluding hydrogens is 234 g/mol. The maximum atomic E-state index is 10.2. The van der Waals surface area contributed by atoms with E-state index >= 15 is 0 Å². The third-order valence-corrected chi connectivity index (χ3v) is 3.42. The molecule has 0 radical (unpaired) electrons. The molecule has 0 spiro atoms. The van der Waals surface area contributed by atoms with E-state index in [1.165, 1.54) is 7.11 Å². The molecule has 0 aromatic heterocycles. The van der Waals surface area contributed by atoms with Gasteiger partial charge in [-0.25, -0.2) is 0 Å². The minimum atomic E-state index is -0.375. The first-order chi connectivity index (χ1) is 8.62. The second-order valence-corrected chi connectivity index (χ2v) is 4.63. The van der Waals surface area contributed by atoms with E-state index in [0.717, 1.165) is 11.1 Å². The number of benzene rings is 1. The van der Waals surface area contributed by atoms with Gasteiger partial charge in [0.2, 0.25) is 0 Å². The van der Waals surface area contributed by atoms with Crippen LogP contribution in [0.25, 0.3) is 0 Å². The number of aliphatic hydroxyl groups excluding tert-OH is 2. The smallest absolute Gasteiger partial charge is 0.163 e. The molecule has 1 heterocycles. The molecule has 1 aliphatic heterocycles. The van der Waals surface area contributed by atoms with Gasteiger partial charge in [0.1, 0.15) is 0 Å². The zero-order valence-electron chi connectivity index (χ0n) is 10.6. The van der Waals surface area contributed by atoms with Gasteiger partial charge >= 0.3 is 0 Å². The fourth-order valence-electron chi connectivity index (χ4n) is 2.63. The molecule has 0 aliphatic carbocycles. The van der Waals surface area contributed by atoms with Gasteiger partial charge in [0.05, 0.1) is 26.4 Å². The fraction of sp³-hybridized carbons (Fsp3) is 0.538. The molecule has 100 valence electrons. The van der Waals surface area contributed by atoms with E-state index in [0.29, 0.717) is 17.7 Å². The molecular formula is C13H19NO4. The third kappa shape index (κ3) is 2.05. The summed E-state index contributed by atoms with van der Waals surface area (Å²) in [5.41, 5.74) is 2.47. The number of rotatable bonds is 3. The molecule has 0 bridgehead atoms. The number of nitrogens with one attached hydrogen (secondary N) is 1. The van der Waals surface area contributed by atoms with Crippen LogP contribution in [0.5, 0.6) is 11.5 Å². The van der Waals surface area contributed by atoms with Crippen LogP contribution in [0.3, 0.4) is 0 Å². The van der Waals surface area contributed by atoms with E-state index in [1.54, 1.807) is 0 Å². The van der Waals surface area contributed by atoms with Crippen molar-refractivity contribution in [3.63, 3.8) is 0 Å². The Morgan fingerprint density at radius 2 is 2.11 bits per heavy atom. The normalized spacial score (nSPS) is 22.7. The fourth-order valence-corrected chi connectivity index (χ4v) is 2.63. The maximum absolute atomic E-state index is 10.2. The van der Waals surface area contributed by atoms with Crippen molar-refractivity contribution in [3.05, 3.63) is 22.8 Å². The largest absolute Gasteiger partial charge is 0.504 e. The van der Waals surface area contributed by atoms with Crippen molar-refractivity contribution < 1.29 is 20.1 Å². The highest BCUT2D eigenvalue weighted by Crippen LogP contribution is 2.41. The summed E-state index contributed by atoms with van der Waals surface area (Å²) in [6.45, 7) is 1.73. The average Bonchev–Trinajstić information content (AvgIpc) is 2.37. The third-order valence-electron chi connectivity index (χ3n) is 3.42. The van der Waals surface area contributed by atoms with E-state index in [1.807, 2.05) is 13.0 Å². The highest BCUT2D eigenvalue weighted by Gasteiger charge is 2.30. The number of aromatic hydroxyl groups is 1. The Bertz CT molecular complexity index is 447. The van der Waals surface area contributed by atoms with E-state index in [-0.39, 0.29) is 31.0 Å². The summed E-state index contributed by atoms with van der Waals surface area (Å²) in [5.74, 6) is 0.520. The van der Waals surface area contributed by atoms with Crippen LogP contribution in [0.2, 0.25) is 0 Å². The van der Waals surface area contributed by atoms with Crippen LogP contribution in [0.1, 0.15) is 22.7 Å². The molecule has 0 unspecified atom stereocenters. The summed E-state index contributed by atoms with van der Waals surface area (Å²) in [6, 6.07) is 1.47. The molecule has 5 heteroatoms. The Balaban J connectivity index is 2.54. The lowest BCUT2D eigenvalue weighted by Gasteiger charge is -2.32. The zero-order valence-corrected chi connectivity index (χ0v) is 10.6. The maximum Gasteiger partial charge on any atom is 0.163 e. The SMILES string of the molecule is COc1c(C)cc2c(c1O)[C@@H](CO)N[C@@H](CO)C2. The van der Waals surface area contributed by atoms with Crippen molar-refractivity contribution in [1.29, 1.82) is 0 Å². The first kappa shape index (κ1) is 13.1. The molecule has 4 N–H and O–H groups in total. The van der Waals surface area contributed by atoms with Crippen LogP contribution in [-0.2, 0) is 6.42 Å². The molecule has 2 atom stereocenters. The van der Waals surface area contributed by atoms with Crippen LogP contribution >= 0.6 is 0 Å². The zero-order chi connectivity index (χ0) is 13.3. The number of aryl methyl sites for hydroxylation is 1. The molecule has 0 fully saturated rings. The number of phenolic OH excluding ortho intramolecular Hbond substituents is 1. The van der Waals surface area contributed by atoms with Gasteiger partial charge < -0.3 is 25.4 Å². The Morgan fingerprint density at radius 1 is 1.39 bits per heavy atom. The molecule has 0 saturated carbocycles. The van der Waals surface area contributed by atoms with Crippen LogP contribution in [0.4, 0.5) is 0 Å². The van der Waals surface area contributed by atoms with Crippen LogP contribution in [0.15, 0.2) is 6.07 Å². The second-order valence-electron chi connectivity index (χ2n) is 4.63. The van der Waals surface area contributed by atoms with Gasteiger partial charge in [-0.3, -0.25) is 0 Å². The Kier molecular flexibility index (Phi) is 3.75. The lowest BCUT2D eigenvalue weighted by molar-refractivity contribution is 0.181. The van der Waals surface area contributed by atoms with Gasteiger partial charge in [-0.2, -0.15) is 0 Å². The lowest BCUT2D eigenvalue weighted by atomic mass is 9.88. The van der Waals surface area contributed by atoms with Gasteiger partial charge in [-0.05, 0) is 24.5 Å². The van der Waals surface area contributed by atoms with Gasteiger partial charge in [-0.15, -0.1) is 0 Å². The van der Waals surface area contributed by atoms with Gasteiger partial charge in [-0.1, -0.05) is 6.07 Å². The second kappa shape index (κ2) is 5.14. The van der Waals surface area contributed by atoms with E-state index in [4.69, 9.17) is 4.74 Å². The van der Waals surface area contributed by atoms with E-state index in [2.05, 4.69) is 5.32 Å². The average molecular weight is 253 g/mol. The van der Waals surface area contributed by atoms with Crippen molar-refractivity contribution in [1.82, 2.24) is 5.32 Å². The minimum Gasteiger partial charge on any atom is -0.504 e. The number of ether oxygens (including phenoxy) is 1. The molecule has 5 nitrogen and oxygen atoms in total. The molecule has 0 saturated heterocycles. The van der Waals surface area contributed by atoms with Crippen molar-refractivity contribution in [2.24, 2.45) is 0 Å². The van der Waals surface area contributed by atoms with Gasteiger partial charge in [0, 0.05) is 11.6 Å². The molecule has 0 amide bonds. The van der Waals surface area contributed by atoms with E-state index in [9.17, 15) is 15.3 Å². The predicted octanol–water partition coefficient (Wildman–Crippen LogP) is 0.249. The van der Waals surface area contributed by atoms with Crippen LogP contribution < -0.4 is 10.1 Å². The number of fused-ring (bicyclic) bond motifs is 1. The predicted molar refractivity (Wildman–Crippen MR) is 66.9 cm³/mol. The quantitative estimate of drug-likeness (QED) is 0.621. The van der Waals surface area contributed by atoms with Crippen LogP contribution in [-0.4, -0.2) is 41.7 Å². The Morgan fingerprint density at radius 3 is 2.67 bits per heavy atom. The molecule has 2 rings (SSSR count). The Hall–Kier alpha value is -1.30. The summed E-state index contributed by atoms with van der Waals surface area (Å²) in [4.78, 5) is 0. The number of aliphatic hydroxyl groups is 2. The van der Waals surface area contributed by atoms with Crippen molar-refractivity contribution in [3.8, 4) is 11.5 Å². The summed E-state index contributed by atoms with van der Waals surface area (Å²) < 4.78 is 5.18. The lowest BCUT2D eigenvalue weighted by Crippen LogP contribution is -2.43. The first-order valence-electron chi connectivity index (χ1n) is 5.99. The summed E-state index contributed by atoms with van der Waals surface area (Å²) >= 11 is 0. The monoisotopic (exact) mass is 253 g/mol. The molecule has 1 aromatic carbocycles. The van der Waals surface area contributed by atoms with Crippen molar-refractivity contribution in [2.75, 3.05) is 20.3 Å². The van der Waals surface area contributed by atoms with Crippen LogP contribution in [0, 0.1) is 6.92 Å². The molecule has 18 heavy (non-hydrogen) atoms. The molecule has 1 aromatic rings. The highest BCUT2D eigenvalue weighted by molar-refractivity contribution is 5.56.